The van der Waals surface area contributed by atoms with Crippen LogP contribution in [0.25, 0.3) is 144 Å². The molecule has 2 aliphatic rings. The Morgan fingerprint density at radius 2 is 0.705 bits per heavy atom. The second-order valence-electron chi connectivity index (χ2n) is 25.8. The minimum absolute atomic E-state index is 0. The van der Waals surface area contributed by atoms with Gasteiger partial charge in [0.25, 0.3) is 0 Å². The predicted octanol–water partition coefficient (Wildman–Crippen LogP) is 19.3. The Labute approximate surface area is 556 Å². The molecular formula is C83H62BBrN8O2. The van der Waals surface area contributed by atoms with Crippen LogP contribution in [0, 0.1) is 0 Å². The average Bonchev–Trinajstić information content (AvgIpc) is 1.59. The van der Waals surface area contributed by atoms with E-state index in [0.29, 0.717) is 5.46 Å². The molecule has 0 radical (unpaired) electrons. The molecule has 2 aliphatic carbocycles. The van der Waals surface area contributed by atoms with Crippen molar-refractivity contribution in [3.8, 4) is 45.3 Å². The van der Waals surface area contributed by atoms with Crippen molar-refractivity contribution in [2.45, 2.75) is 46.0 Å². The fourth-order valence-corrected chi connectivity index (χ4v) is 15.6. The highest BCUT2D eigenvalue weighted by atomic mass is 79.9. The zero-order valence-corrected chi connectivity index (χ0v) is 53.4. The maximum Gasteiger partial charge on any atom is 0.488 e. The largest absolute Gasteiger partial charge is 0.488 e. The minimum atomic E-state index is -1.41. The van der Waals surface area contributed by atoms with Gasteiger partial charge in [0.2, 0.25) is 11.9 Å². The molecular weight excluding hydrogens is 1230 g/mol. The van der Waals surface area contributed by atoms with E-state index in [0.717, 1.165) is 99.2 Å². The van der Waals surface area contributed by atoms with Crippen molar-refractivity contribution >= 4 is 127 Å². The van der Waals surface area contributed by atoms with E-state index in [2.05, 4.69) is 268 Å². The van der Waals surface area contributed by atoms with Gasteiger partial charge in [-0.3, -0.25) is 17.9 Å². The first kappa shape index (κ1) is 57.9. The van der Waals surface area contributed by atoms with E-state index in [1.165, 1.54) is 71.6 Å². The molecule has 0 saturated carbocycles. The Balaban J connectivity index is 0.000000118. The highest BCUT2D eigenvalue weighted by molar-refractivity contribution is 9.10. The molecule has 0 fully saturated rings. The second kappa shape index (κ2) is 21.8. The number of aromatic nitrogens is 8. The number of imidazole rings is 2. The van der Waals surface area contributed by atoms with Crippen LogP contribution < -0.4 is 5.46 Å². The van der Waals surface area contributed by atoms with Gasteiger partial charge in [-0.1, -0.05) is 221 Å². The number of hydrogen-bond acceptors (Lipinski definition) is 6. The third-order valence-corrected chi connectivity index (χ3v) is 20.3. The molecule has 6 aromatic heterocycles. The normalized spacial score (nSPS) is 13.3. The summed E-state index contributed by atoms with van der Waals surface area (Å²) < 4.78 is 10.0. The molecule has 18 aromatic rings. The Morgan fingerprint density at radius 3 is 1.23 bits per heavy atom. The number of nitrogens with zero attached hydrogens (tertiary/aromatic N) is 8. The molecule has 20 rings (SSSR count). The molecule has 6 heterocycles. The molecule has 0 bridgehead atoms. The highest BCUT2D eigenvalue weighted by Crippen LogP contribution is 2.51. The summed E-state index contributed by atoms with van der Waals surface area (Å²) >= 11 is 3.64. The third kappa shape index (κ3) is 8.78. The van der Waals surface area contributed by atoms with Crippen molar-refractivity contribution in [3.05, 3.63) is 294 Å². The van der Waals surface area contributed by atoms with Gasteiger partial charge in [-0.05, 0) is 158 Å². The standard InChI is InChI=1S/C41H28N4.C26H15BrN4.C15H15BO2.CH4/c1-41(2)32-14-6-3-11-27(32)28-21-19-26(24-33(28)41)25-20-22-37-31(23-25)29-12-5-9-17-36(29)44(37)40-43-34-15-7-4-13-30(34)39-42-35-16-8-10-18-38(35)45(39)40;27-16-13-14-23-19(15-16)17-7-2-5-11-22(17)30(23)26-29-20-9-3-1-8-18(20)25-28-21-10-4-6-12-24(21)31(25)26;1-15(2)13-6-4-3-5-11(13)12-8-7-10(16(17)18)9-14(12)15;/h3-24H,1-2H3;1-15H;3-9,17-18H,1-2H3;1H4. The van der Waals surface area contributed by atoms with Gasteiger partial charge in [0, 0.05) is 47.6 Å². The SMILES string of the molecule is Brc1ccc2c(c1)c1ccccc1n2-c1nc2ccccc2c2nc3ccccc3n12.C.CC1(C)c2ccccc2-c2ccc(-c3ccc4c(c3)c3ccccc3n4-c3nc4ccccc4c4nc5ccccc5n34)cc21.CC1(C)c2ccccc2-c2ccc(B(O)O)cc21. The van der Waals surface area contributed by atoms with E-state index >= 15 is 0 Å². The number of para-hydroxylation sites is 8. The lowest BCUT2D eigenvalue weighted by atomic mass is 9.75. The Hall–Kier alpha value is -11.0. The van der Waals surface area contributed by atoms with Crippen molar-refractivity contribution < 1.29 is 10.0 Å². The van der Waals surface area contributed by atoms with E-state index in [1.54, 1.807) is 6.07 Å². The van der Waals surface area contributed by atoms with Crippen molar-refractivity contribution in [3.63, 3.8) is 0 Å². The lowest BCUT2D eigenvalue weighted by Crippen LogP contribution is -2.31. The molecule has 0 atom stereocenters. The number of halogens is 1. The summed E-state index contributed by atoms with van der Waals surface area (Å²) in [6.45, 7) is 9.03. The highest BCUT2D eigenvalue weighted by Gasteiger charge is 2.37. The predicted molar refractivity (Wildman–Crippen MR) is 396 cm³/mol. The topological polar surface area (TPSA) is 111 Å². The van der Waals surface area contributed by atoms with Crippen LogP contribution in [0.2, 0.25) is 0 Å². The first-order valence-electron chi connectivity index (χ1n) is 31.8. The summed E-state index contributed by atoms with van der Waals surface area (Å²) in [5, 5.41) is 25.5. The van der Waals surface area contributed by atoms with Crippen molar-refractivity contribution in [1.82, 2.24) is 37.9 Å². The van der Waals surface area contributed by atoms with Crippen LogP contribution in [0.15, 0.2) is 271 Å². The first-order chi connectivity index (χ1) is 45.9. The zero-order chi connectivity index (χ0) is 63.3. The third-order valence-electron chi connectivity index (χ3n) is 19.8. The van der Waals surface area contributed by atoms with E-state index in [9.17, 15) is 10.0 Å². The maximum atomic E-state index is 9.30. The van der Waals surface area contributed by atoms with Gasteiger partial charge in [-0.15, -0.1) is 0 Å². The van der Waals surface area contributed by atoms with Gasteiger partial charge in [-0.2, -0.15) is 0 Å². The summed E-state index contributed by atoms with van der Waals surface area (Å²) in [7, 11) is -1.41. The summed E-state index contributed by atoms with van der Waals surface area (Å²) in [6, 6.07) is 93.4. The molecule has 95 heavy (non-hydrogen) atoms. The van der Waals surface area contributed by atoms with E-state index < -0.39 is 7.12 Å². The summed E-state index contributed by atoms with van der Waals surface area (Å²) in [6.07, 6.45) is 0. The van der Waals surface area contributed by atoms with Gasteiger partial charge >= 0.3 is 7.12 Å². The van der Waals surface area contributed by atoms with Crippen LogP contribution in [0.5, 0.6) is 0 Å². The molecule has 2 N–H and O–H groups in total. The van der Waals surface area contributed by atoms with Crippen molar-refractivity contribution in [1.29, 1.82) is 0 Å². The van der Waals surface area contributed by atoms with Crippen LogP contribution in [-0.2, 0) is 10.8 Å². The monoisotopic (exact) mass is 1290 g/mol. The number of rotatable bonds is 4. The lowest BCUT2D eigenvalue weighted by molar-refractivity contribution is 0.425. The fraction of sp³-hybridized carbons (Fsp3) is 0.0843. The first-order valence-corrected chi connectivity index (χ1v) is 32.6. The molecule has 12 aromatic carbocycles. The molecule has 0 saturated heterocycles. The molecule has 10 nitrogen and oxygen atoms in total. The van der Waals surface area contributed by atoms with E-state index in [-0.39, 0.29) is 18.3 Å². The van der Waals surface area contributed by atoms with Gasteiger partial charge in [0.05, 0.1) is 55.2 Å². The molecule has 12 heteroatoms. The fourth-order valence-electron chi connectivity index (χ4n) is 15.2. The van der Waals surface area contributed by atoms with Crippen molar-refractivity contribution in [2.75, 3.05) is 0 Å². The summed E-state index contributed by atoms with van der Waals surface area (Å²) in [4.78, 5) is 20.6. The van der Waals surface area contributed by atoms with Crippen LogP contribution in [-0.4, -0.2) is 55.0 Å². The quantitative estimate of drug-likeness (QED) is 0.170. The Kier molecular flexibility index (Phi) is 13.3. The molecule has 0 unspecified atom stereocenters. The van der Waals surface area contributed by atoms with E-state index in [4.69, 9.17) is 19.9 Å². The lowest BCUT2D eigenvalue weighted by Gasteiger charge is -2.22. The van der Waals surface area contributed by atoms with Gasteiger partial charge < -0.3 is 10.0 Å². The number of benzene rings is 12. The maximum absolute atomic E-state index is 9.30. The number of fused-ring (bicyclic) bond motifs is 22. The van der Waals surface area contributed by atoms with Crippen LogP contribution in [0.3, 0.4) is 0 Å². The minimum Gasteiger partial charge on any atom is -0.423 e. The van der Waals surface area contributed by atoms with Gasteiger partial charge in [-0.25, -0.2) is 19.9 Å². The smallest absolute Gasteiger partial charge is 0.423 e. The molecule has 0 amide bonds. The zero-order valence-electron chi connectivity index (χ0n) is 51.8. The van der Waals surface area contributed by atoms with E-state index in [1.807, 2.05) is 54.6 Å². The van der Waals surface area contributed by atoms with Crippen LogP contribution in [0.4, 0.5) is 0 Å². The Morgan fingerprint density at radius 1 is 0.326 bits per heavy atom. The van der Waals surface area contributed by atoms with Crippen LogP contribution >= 0.6 is 15.9 Å². The molecule has 0 spiro atoms. The van der Waals surface area contributed by atoms with Crippen LogP contribution in [0.1, 0.15) is 57.4 Å². The van der Waals surface area contributed by atoms with Crippen molar-refractivity contribution in [2.24, 2.45) is 0 Å². The van der Waals surface area contributed by atoms with Gasteiger partial charge in [0.1, 0.15) is 11.3 Å². The number of hydrogen-bond donors (Lipinski definition) is 2. The molecule has 456 valence electrons. The average molecular weight is 1290 g/mol. The van der Waals surface area contributed by atoms with Gasteiger partial charge in [0.15, 0.2) is 0 Å². The Bertz CT molecular complexity index is 6210. The second-order valence-corrected chi connectivity index (χ2v) is 26.7. The summed E-state index contributed by atoms with van der Waals surface area (Å²) in [5.41, 5.74) is 25.5. The molecule has 0 aliphatic heterocycles. The summed E-state index contributed by atoms with van der Waals surface area (Å²) in [5.74, 6) is 1.68.